The van der Waals surface area contributed by atoms with Crippen LogP contribution in [0.25, 0.3) is 0 Å². The second-order valence-corrected chi connectivity index (χ2v) is 6.28. The Balaban J connectivity index is 1.66. The average Bonchev–Trinajstić information content (AvgIpc) is 2.75. The van der Waals surface area contributed by atoms with Gasteiger partial charge in [0.1, 0.15) is 19.5 Å². The van der Waals surface area contributed by atoms with E-state index >= 15 is 0 Å². The minimum atomic E-state index is -0.653. The van der Waals surface area contributed by atoms with Crippen molar-refractivity contribution >= 4 is 17.9 Å². The summed E-state index contributed by atoms with van der Waals surface area (Å²) in [5, 5.41) is 11.2. The fraction of sp³-hybridized carbons (Fsp3) is 0.300. The largest absolute Gasteiger partial charge is 0.486 e. The Morgan fingerprint density at radius 1 is 1.21 bits per heavy atom. The van der Waals surface area contributed by atoms with Crippen molar-refractivity contribution in [2.45, 2.75) is 13.5 Å². The summed E-state index contributed by atoms with van der Waals surface area (Å²) in [6.07, 6.45) is 0.508. The molecule has 1 heterocycles. The van der Waals surface area contributed by atoms with E-state index in [4.69, 9.17) is 14.2 Å². The summed E-state index contributed by atoms with van der Waals surface area (Å²) in [4.78, 5) is 35.5. The zero-order valence-corrected chi connectivity index (χ0v) is 15.8. The van der Waals surface area contributed by atoms with Crippen LogP contribution in [-0.2, 0) is 11.3 Å². The molecule has 0 saturated carbocycles. The number of carbonyl (C=O) groups excluding carboxylic acids is 2. The molecular formula is C20H20N2O7. The van der Waals surface area contributed by atoms with Gasteiger partial charge >= 0.3 is 5.69 Å². The molecule has 2 aromatic rings. The summed E-state index contributed by atoms with van der Waals surface area (Å²) >= 11 is 0. The zero-order chi connectivity index (χ0) is 20.8. The van der Waals surface area contributed by atoms with Crippen LogP contribution < -0.4 is 14.2 Å². The number of benzene rings is 2. The standard InChI is InChI=1S/C20H20N2O7/c1-2-21(11-14-3-6-18-19(10-14)28-8-7-27-18)20(24)13-29-17-5-4-15(12-23)9-16(17)22(25)26/h3-6,9-10,12H,2,7-8,11,13H2,1H3. The molecule has 0 spiro atoms. The van der Waals surface area contributed by atoms with E-state index in [1.54, 1.807) is 11.0 Å². The summed E-state index contributed by atoms with van der Waals surface area (Å²) < 4.78 is 16.4. The van der Waals surface area contributed by atoms with Gasteiger partial charge in [0.15, 0.2) is 23.9 Å². The Hall–Kier alpha value is -3.62. The molecule has 29 heavy (non-hydrogen) atoms. The van der Waals surface area contributed by atoms with Gasteiger partial charge in [0, 0.05) is 24.7 Å². The highest BCUT2D eigenvalue weighted by Gasteiger charge is 2.20. The Morgan fingerprint density at radius 2 is 1.97 bits per heavy atom. The molecule has 0 atom stereocenters. The molecular weight excluding hydrogens is 380 g/mol. The van der Waals surface area contributed by atoms with Gasteiger partial charge in [0.25, 0.3) is 5.91 Å². The van der Waals surface area contributed by atoms with E-state index in [0.29, 0.717) is 44.1 Å². The van der Waals surface area contributed by atoms with Crippen LogP contribution in [0.2, 0.25) is 0 Å². The molecule has 1 amide bonds. The molecule has 1 aliphatic heterocycles. The molecule has 1 aliphatic rings. The van der Waals surface area contributed by atoms with Gasteiger partial charge in [-0.2, -0.15) is 0 Å². The van der Waals surface area contributed by atoms with E-state index in [1.807, 2.05) is 19.1 Å². The number of ether oxygens (including phenoxy) is 3. The summed E-state index contributed by atoms with van der Waals surface area (Å²) in [7, 11) is 0. The molecule has 0 saturated heterocycles. The average molecular weight is 400 g/mol. The van der Waals surface area contributed by atoms with Crippen LogP contribution in [0.5, 0.6) is 17.2 Å². The number of nitro groups is 1. The number of fused-ring (bicyclic) bond motifs is 1. The van der Waals surface area contributed by atoms with Crippen molar-refractivity contribution in [1.82, 2.24) is 4.90 Å². The Kier molecular flexibility index (Phi) is 6.28. The van der Waals surface area contributed by atoms with Gasteiger partial charge < -0.3 is 19.1 Å². The van der Waals surface area contributed by atoms with Crippen molar-refractivity contribution in [1.29, 1.82) is 0 Å². The summed E-state index contributed by atoms with van der Waals surface area (Å²) in [6, 6.07) is 9.30. The van der Waals surface area contributed by atoms with Crippen molar-refractivity contribution in [3.8, 4) is 17.2 Å². The lowest BCUT2D eigenvalue weighted by Crippen LogP contribution is -2.34. The number of hydrogen-bond donors (Lipinski definition) is 0. The number of carbonyl (C=O) groups is 2. The third kappa shape index (κ3) is 4.81. The van der Waals surface area contributed by atoms with Gasteiger partial charge in [-0.25, -0.2) is 0 Å². The van der Waals surface area contributed by atoms with Gasteiger partial charge in [-0.15, -0.1) is 0 Å². The zero-order valence-electron chi connectivity index (χ0n) is 15.8. The minimum absolute atomic E-state index is 0.0654. The SMILES string of the molecule is CCN(Cc1ccc2c(c1)OCCO2)C(=O)COc1ccc(C=O)cc1[N+](=O)[O-]. The molecule has 9 heteroatoms. The molecule has 152 valence electrons. The number of nitrogens with zero attached hydrogens (tertiary/aromatic N) is 2. The molecule has 0 aliphatic carbocycles. The van der Waals surface area contributed by atoms with Crippen LogP contribution in [0, 0.1) is 10.1 Å². The quantitative estimate of drug-likeness (QED) is 0.381. The van der Waals surface area contributed by atoms with Crippen molar-refractivity contribution in [2.75, 3.05) is 26.4 Å². The van der Waals surface area contributed by atoms with Gasteiger partial charge in [-0.05, 0) is 36.8 Å². The van der Waals surface area contributed by atoms with Gasteiger partial charge in [-0.1, -0.05) is 6.07 Å². The van der Waals surface area contributed by atoms with Gasteiger partial charge in [0.05, 0.1) is 4.92 Å². The molecule has 0 unspecified atom stereocenters. The molecule has 2 aromatic carbocycles. The number of rotatable bonds is 8. The van der Waals surface area contributed by atoms with Crippen LogP contribution in [0.15, 0.2) is 36.4 Å². The van der Waals surface area contributed by atoms with Crippen LogP contribution in [0.4, 0.5) is 5.69 Å². The highest BCUT2D eigenvalue weighted by atomic mass is 16.6. The third-order valence-corrected chi connectivity index (χ3v) is 4.38. The Morgan fingerprint density at radius 3 is 2.66 bits per heavy atom. The van der Waals surface area contributed by atoms with Crippen molar-refractivity contribution in [3.05, 3.63) is 57.6 Å². The summed E-state index contributed by atoms with van der Waals surface area (Å²) in [5.74, 6) is 0.920. The lowest BCUT2D eigenvalue weighted by atomic mass is 10.1. The summed E-state index contributed by atoms with van der Waals surface area (Å²) in [6.45, 7) is 3.22. The number of amides is 1. The van der Waals surface area contributed by atoms with Crippen molar-refractivity contribution < 1.29 is 28.7 Å². The van der Waals surface area contributed by atoms with E-state index in [-0.39, 0.29) is 29.5 Å². The fourth-order valence-corrected chi connectivity index (χ4v) is 2.89. The first kappa shape index (κ1) is 20.1. The molecule has 9 nitrogen and oxygen atoms in total. The van der Waals surface area contributed by atoms with E-state index in [0.717, 1.165) is 11.6 Å². The molecule has 3 rings (SSSR count). The maximum Gasteiger partial charge on any atom is 0.311 e. The van der Waals surface area contributed by atoms with E-state index in [1.165, 1.54) is 12.1 Å². The highest BCUT2D eigenvalue weighted by Crippen LogP contribution is 2.31. The van der Waals surface area contributed by atoms with Gasteiger partial charge in [0.2, 0.25) is 0 Å². The lowest BCUT2D eigenvalue weighted by Gasteiger charge is -2.23. The first-order chi connectivity index (χ1) is 14.0. The van der Waals surface area contributed by atoms with Crippen LogP contribution in [0.3, 0.4) is 0 Å². The third-order valence-electron chi connectivity index (χ3n) is 4.38. The molecule has 0 radical (unpaired) electrons. The predicted molar refractivity (Wildman–Crippen MR) is 103 cm³/mol. The second kappa shape index (κ2) is 9.05. The molecule has 0 aromatic heterocycles. The minimum Gasteiger partial charge on any atom is -0.486 e. The molecule has 0 fully saturated rings. The number of likely N-dealkylation sites (N-methyl/N-ethyl adjacent to an activating group) is 1. The number of hydrogen-bond acceptors (Lipinski definition) is 7. The maximum absolute atomic E-state index is 12.6. The number of nitro benzene ring substituents is 1. The molecule has 0 N–H and O–H groups in total. The first-order valence-electron chi connectivity index (χ1n) is 9.04. The monoisotopic (exact) mass is 400 g/mol. The maximum atomic E-state index is 12.6. The highest BCUT2D eigenvalue weighted by molar-refractivity contribution is 5.79. The first-order valence-corrected chi connectivity index (χ1v) is 9.04. The Labute approximate surface area is 166 Å². The molecule has 0 bridgehead atoms. The fourth-order valence-electron chi connectivity index (χ4n) is 2.89. The Bertz CT molecular complexity index is 929. The van der Waals surface area contributed by atoms with Crippen LogP contribution >= 0.6 is 0 Å². The van der Waals surface area contributed by atoms with Crippen LogP contribution in [0.1, 0.15) is 22.8 Å². The number of aldehydes is 1. The lowest BCUT2D eigenvalue weighted by molar-refractivity contribution is -0.385. The van der Waals surface area contributed by atoms with E-state index < -0.39 is 4.92 Å². The normalized spacial score (nSPS) is 12.2. The van der Waals surface area contributed by atoms with Crippen LogP contribution in [-0.4, -0.2) is 48.4 Å². The predicted octanol–water partition coefficient (Wildman–Crippen LogP) is 2.61. The summed E-state index contributed by atoms with van der Waals surface area (Å²) in [5.41, 5.74) is 0.659. The van der Waals surface area contributed by atoms with Gasteiger partial charge in [-0.3, -0.25) is 19.7 Å². The second-order valence-electron chi connectivity index (χ2n) is 6.28. The van der Waals surface area contributed by atoms with E-state index in [9.17, 15) is 19.7 Å². The smallest absolute Gasteiger partial charge is 0.311 e. The topological polar surface area (TPSA) is 108 Å². The van der Waals surface area contributed by atoms with E-state index in [2.05, 4.69) is 0 Å². The van der Waals surface area contributed by atoms with Crippen molar-refractivity contribution in [3.63, 3.8) is 0 Å². The van der Waals surface area contributed by atoms with Crippen molar-refractivity contribution in [2.24, 2.45) is 0 Å².